The van der Waals surface area contributed by atoms with Crippen LogP contribution in [0.2, 0.25) is 0 Å². The average molecular weight is 336 g/mol. The second-order valence-corrected chi connectivity index (χ2v) is 5.84. The molecule has 0 bridgehead atoms. The number of benzene rings is 2. The number of carbonyl (C=O) groups is 2. The lowest BCUT2D eigenvalue weighted by Crippen LogP contribution is -2.33. The van der Waals surface area contributed by atoms with Crippen LogP contribution in [0.4, 0.5) is 5.69 Å². The maximum absolute atomic E-state index is 12.6. The van der Waals surface area contributed by atoms with Crippen molar-refractivity contribution in [2.24, 2.45) is 0 Å². The molecule has 2 aromatic carbocycles. The van der Waals surface area contributed by atoms with E-state index in [1.165, 1.54) is 6.92 Å². The number of methoxy groups -OCH3 is 1. The van der Waals surface area contributed by atoms with Crippen LogP contribution in [0.1, 0.15) is 30.5 Å². The molecule has 5 heteroatoms. The summed E-state index contributed by atoms with van der Waals surface area (Å²) in [6.45, 7) is 1.50. The number of rotatable bonds is 4. The minimum atomic E-state index is -0.326. The molecule has 0 unspecified atom stereocenters. The predicted molar refractivity (Wildman–Crippen MR) is 97.0 cm³/mol. The first-order valence-electron chi connectivity index (χ1n) is 8.09. The van der Waals surface area contributed by atoms with E-state index in [4.69, 9.17) is 4.74 Å². The molecule has 0 spiro atoms. The van der Waals surface area contributed by atoms with Crippen LogP contribution < -0.4 is 10.1 Å². The Balaban J connectivity index is 1.83. The van der Waals surface area contributed by atoms with Crippen molar-refractivity contribution < 1.29 is 14.3 Å². The van der Waals surface area contributed by atoms with Crippen molar-refractivity contribution in [3.63, 3.8) is 0 Å². The fourth-order valence-electron chi connectivity index (χ4n) is 3.04. The molecule has 1 aliphatic rings. The summed E-state index contributed by atoms with van der Waals surface area (Å²) in [4.78, 5) is 26.2. The highest BCUT2D eigenvalue weighted by Crippen LogP contribution is 2.33. The molecule has 1 N–H and O–H groups in total. The molecular weight excluding hydrogens is 316 g/mol. The summed E-state index contributed by atoms with van der Waals surface area (Å²) in [5, 5.41) is 2.87. The fourth-order valence-corrected chi connectivity index (χ4v) is 3.04. The summed E-state index contributed by atoms with van der Waals surface area (Å²) in [5.74, 6) is 0.329. The first-order chi connectivity index (χ1) is 12.1. The maximum atomic E-state index is 12.6. The van der Waals surface area contributed by atoms with Crippen LogP contribution in [0.15, 0.2) is 54.7 Å². The van der Waals surface area contributed by atoms with Gasteiger partial charge < -0.3 is 15.0 Å². The monoisotopic (exact) mass is 336 g/mol. The Morgan fingerprint density at radius 1 is 1.12 bits per heavy atom. The van der Waals surface area contributed by atoms with E-state index in [1.807, 2.05) is 42.5 Å². The molecule has 128 valence electrons. The Labute approximate surface area is 146 Å². The molecule has 0 aliphatic carbocycles. The van der Waals surface area contributed by atoms with Crippen molar-refractivity contribution in [2.75, 3.05) is 12.4 Å². The zero-order valence-corrected chi connectivity index (χ0v) is 14.2. The zero-order valence-electron chi connectivity index (χ0n) is 14.2. The largest absolute Gasteiger partial charge is 0.495 e. The molecule has 0 saturated heterocycles. The quantitative estimate of drug-likeness (QED) is 0.928. The van der Waals surface area contributed by atoms with Gasteiger partial charge in [-0.15, -0.1) is 0 Å². The van der Waals surface area contributed by atoms with Crippen molar-refractivity contribution in [3.05, 3.63) is 65.9 Å². The average Bonchev–Trinajstić information content (AvgIpc) is 2.62. The van der Waals surface area contributed by atoms with Gasteiger partial charge in [0.1, 0.15) is 5.75 Å². The van der Waals surface area contributed by atoms with E-state index in [-0.39, 0.29) is 24.3 Å². The highest BCUT2D eigenvalue weighted by molar-refractivity contribution is 5.93. The van der Waals surface area contributed by atoms with Gasteiger partial charge in [0, 0.05) is 13.1 Å². The summed E-state index contributed by atoms with van der Waals surface area (Å²) >= 11 is 0. The van der Waals surface area contributed by atoms with Crippen molar-refractivity contribution in [2.45, 2.75) is 19.4 Å². The number of amides is 2. The molecule has 0 aromatic heterocycles. The number of para-hydroxylation sites is 2. The van der Waals surface area contributed by atoms with Gasteiger partial charge in [-0.25, -0.2) is 0 Å². The smallest absolute Gasteiger partial charge is 0.226 e. The van der Waals surface area contributed by atoms with Crippen molar-refractivity contribution >= 4 is 23.6 Å². The van der Waals surface area contributed by atoms with Gasteiger partial charge in [0.15, 0.2) is 0 Å². The first kappa shape index (κ1) is 16.8. The predicted octanol–water partition coefficient (Wildman–Crippen LogP) is 3.60. The van der Waals surface area contributed by atoms with Crippen LogP contribution in [0.3, 0.4) is 0 Å². The second-order valence-electron chi connectivity index (χ2n) is 5.84. The number of hydrogen-bond acceptors (Lipinski definition) is 3. The van der Waals surface area contributed by atoms with Gasteiger partial charge in [-0.3, -0.25) is 9.59 Å². The Morgan fingerprint density at radius 3 is 2.60 bits per heavy atom. The number of ether oxygens (including phenoxy) is 1. The maximum Gasteiger partial charge on any atom is 0.226 e. The van der Waals surface area contributed by atoms with E-state index in [9.17, 15) is 9.59 Å². The third kappa shape index (κ3) is 3.55. The lowest BCUT2D eigenvalue weighted by atomic mass is 9.93. The van der Waals surface area contributed by atoms with E-state index in [1.54, 1.807) is 30.3 Å². The van der Waals surface area contributed by atoms with Gasteiger partial charge in [-0.1, -0.05) is 36.4 Å². The highest BCUT2D eigenvalue weighted by atomic mass is 16.5. The number of nitrogens with zero attached hydrogens (tertiary/aromatic N) is 1. The van der Waals surface area contributed by atoms with Crippen molar-refractivity contribution in [3.8, 4) is 5.75 Å². The van der Waals surface area contributed by atoms with Gasteiger partial charge in [0.2, 0.25) is 11.8 Å². The number of anilines is 1. The Hall–Kier alpha value is -3.08. The van der Waals surface area contributed by atoms with Crippen LogP contribution in [0.25, 0.3) is 6.08 Å². The molecule has 1 atom stereocenters. The fraction of sp³-hybridized carbons (Fsp3) is 0.200. The van der Waals surface area contributed by atoms with Crippen LogP contribution in [-0.4, -0.2) is 23.8 Å². The molecule has 2 amide bonds. The summed E-state index contributed by atoms with van der Waals surface area (Å²) in [7, 11) is 1.56. The molecule has 5 nitrogen and oxygen atoms in total. The third-order valence-electron chi connectivity index (χ3n) is 4.23. The van der Waals surface area contributed by atoms with Crippen LogP contribution in [0.5, 0.6) is 5.75 Å². The first-order valence-corrected chi connectivity index (χ1v) is 8.09. The Kier molecular flexibility index (Phi) is 4.84. The second kappa shape index (κ2) is 7.21. The molecule has 3 rings (SSSR count). The third-order valence-corrected chi connectivity index (χ3v) is 4.23. The van der Waals surface area contributed by atoms with E-state index in [2.05, 4.69) is 5.32 Å². The number of nitrogens with one attached hydrogen (secondary N) is 1. The summed E-state index contributed by atoms with van der Waals surface area (Å²) in [5.41, 5.74) is 2.61. The minimum absolute atomic E-state index is 0.0964. The van der Waals surface area contributed by atoms with Gasteiger partial charge in [-0.2, -0.15) is 0 Å². The SMILES string of the molecule is COc1ccccc1NC(=O)C[C@H]1c2ccccc2C=CN1C(C)=O. The van der Waals surface area contributed by atoms with Crippen molar-refractivity contribution in [1.29, 1.82) is 0 Å². The molecule has 1 aliphatic heterocycles. The van der Waals surface area contributed by atoms with Crippen LogP contribution >= 0.6 is 0 Å². The van der Waals surface area contributed by atoms with E-state index < -0.39 is 0 Å². The topological polar surface area (TPSA) is 58.6 Å². The lowest BCUT2D eigenvalue weighted by Gasteiger charge is -2.32. The molecule has 0 fully saturated rings. The minimum Gasteiger partial charge on any atom is -0.495 e. The summed E-state index contributed by atoms with van der Waals surface area (Å²) in [6.07, 6.45) is 3.80. The van der Waals surface area contributed by atoms with Crippen LogP contribution in [-0.2, 0) is 9.59 Å². The summed E-state index contributed by atoms with van der Waals surface area (Å²) in [6, 6.07) is 14.7. The highest BCUT2D eigenvalue weighted by Gasteiger charge is 2.28. The van der Waals surface area contributed by atoms with E-state index in [0.717, 1.165) is 11.1 Å². The molecule has 1 heterocycles. The van der Waals surface area contributed by atoms with Crippen LogP contribution in [0, 0.1) is 0 Å². The number of hydrogen-bond donors (Lipinski definition) is 1. The molecule has 2 aromatic rings. The van der Waals surface area contributed by atoms with Gasteiger partial charge in [-0.05, 0) is 29.3 Å². The van der Waals surface area contributed by atoms with Gasteiger partial charge in [0.05, 0.1) is 25.3 Å². The van der Waals surface area contributed by atoms with Gasteiger partial charge in [0.25, 0.3) is 0 Å². The molecule has 25 heavy (non-hydrogen) atoms. The molecule has 0 radical (unpaired) electrons. The summed E-state index contributed by atoms with van der Waals surface area (Å²) < 4.78 is 5.26. The Bertz CT molecular complexity index is 829. The zero-order chi connectivity index (χ0) is 17.8. The molecule has 0 saturated carbocycles. The van der Waals surface area contributed by atoms with E-state index in [0.29, 0.717) is 11.4 Å². The normalized spacial score (nSPS) is 15.4. The van der Waals surface area contributed by atoms with E-state index >= 15 is 0 Å². The van der Waals surface area contributed by atoms with Crippen molar-refractivity contribution in [1.82, 2.24) is 4.90 Å². The Morgan fingerprint density at radius 2 is 1.84 bits per heavy atom. The number of fused-ring (bicyclic) bond motifs is 1. The number of carbonyl (C=O) groups excluding carboxylic acids is 2. The van der Waals surface area contributed by atoms with Gasteiger partial charge >= 0.3 is 0 Å². The molecular formula is C20H20N2O3. The standard InChI is InChI=1S/C20H20N2O3/c1-14(23)22-12-11-15-7-3-4-8-16(15)18(22)13-20(24)21-17-9-5-6-10-19(17)25-2/h3-12,18H,13H2,1-2H3,(H,21,24)/t18-/m0/s1. The lowest BCUT2D eigenvalue weighted by molar-refractivity contribution is -0.129.